The van der Waals surface area contributed by atoms with Gasteiger partial charge in [-0.3, -0.25) is 4.79 Å². The van der Waals surface area contributed by atoms with Gasteiger partial charge in [0.1, 0.15) is 15.6 Å². The van der Waals surface area contributed by atoms with Gasteiger partial charge in [-0.25, -0.2) is 0 Å². The van der Waals surface area contributed by atoms with E-state index in [0.717, 1.165) is 24.4 Å². The van der Waals surface area contributed by atoms with Crippen LogP contribution in [0.1, 0.15) is 29.4 Å². The highest BCUT2D eigenvalue weighted by molar-refractivity contribution is 7.19. The van der Waals surface area contributed by atoms with Gasteiger partial charge < -0.3 is 25.8 Å². The molecule has 0 bridgehead atoms. The van der Waals surface area contributed by atoms with Gasteiger partial charge in [0.15, 0.2) is 5.75 Å². The fourth-order valence-electron chi connectivity index (χ4n) is 2.17. The van der Waals surface area contributed by atoms with Gasteiger partial charge >= 0.3 is 0 Å². The molecule has 0 saturated carbocycles. The van der Waals surface area contributed by atoms with Crippen LogP contribution in [0, 0.1) is 0 Å². The van der Waals surface area contributed by atoms with Crippen LogP contribution < -0.4 is 21.1 Å². The molecule has 1 aromatic rings. The molecule has 7 heteroatoms. The van der Waals surface area contributed by atoms with Crippen LogP contribution in [0.25, 0.3) is 0 Å². The number of anilines is 2. The number of methoxy groups -OCH3 is 1. The Morgan fingerprint density at radius 1 is 1.60 bits per heavy atom. The summed E-state index contributed by atoms with van der Waals surface area (Å²) < 4.78 is 10.9. The topological polar surface area (TPSA) is 85.6 Å². The minimum Gasteiger partial charge on any atom is -0.492 e. The lowest BCUT2D eigenvalue weighted by molar-refractivity contribution is 0.0960. The van der Waals surface area contributed by atoms with E-state index in [1.165, 1.54) is 11.3 Å². The molecule has 2 heterocycles. The number of hydrogen-bond donors (Lipinski definition) is 3. The zero-order valence-electron chi connectivity index (χ0n) is 11.8. The molecule has 1 aliphatic rings. The first-order valence-corrected chi connectivity index (χ1v) is 7.59. The van der Waals surface area contributed by atoms with Crippen molar-refractivity contribution in [3.63, 3.8) is 0 Å². The summed E-state index contributed by atoms with van der Waals surface area (Å²) in [5.41, 5.74) is 6.37. The monoisotopic (exact) mass is 299 g/mol. The van der Waals surface area contributed by atoms with Gasteiger partial charge in [0.2, 0.25) is 0 Å². The van der Waals surface area contributed by atoms with E-state index in [4.69, 9.17) is 15.2 Å². The maximum absolute atomic E-state index is 11.9. The van der Waals surface area contributed by atoms with E-state index in [2.05, 4.69) is 10.6 Å². The molecule has 0 radical (unpaired) electrons. The minimum atomic E-state index is -0.168. The molecule has 1 aliphatic heterocycles. The predicted molar refractivity (Wildman–Crippen MR) is 80.8 cm³/mol. The van der Waals surface area contributed by atoms with Crippen LogP contribution >= 0.6 is 11.3 Å². The third-order valence-electron chi connectivity index (χ3n) is 3.16. The van der Waals surface area contributed by atoms with Gasteiger partial charge in [0, 0.05) is 19.7 Å². The van der Waals surface area contributed by atoms with Crippen molar-refractivity contribution in [3.8, 4) is 5.75 Å². The van der Waals surface area contributed by atoms with Crippen LogP contribution in [0.4, 0.5) is 10.7 Å². The van der Waals surface area contributed by atoms with E-state index >= 15 is 0 Å². The second-order valence-electron chi connectivity index (χ2n) is 4.58. The number of carbonyl (C=O) groups excluding carboxylic acids is 1. The Bertz CT molecular complexity index is 470. The normalized spacial score (nSPS) is 18.0. The largest absolute Gasteiger partial charge is 0.492 e. The molecule has 1 unspecified atom stereocenters. The number of nitrogen functional groups attached to an aromatic ring is 1. The Morgan fingerprint density at radius 2 is 2.40 bits per heavy atom. The van der Waals surface area contributed by atoms with Crippen molar-refractivity contribution in [1.29, 1.82) is 0 Å². The van der Waals surface area contributed by atoms with Gasteiger partial charge in [0.25, 0.3) is 5.91 Å². The summed E-state index contributed by atoms with van der Waals surface area (Å²) in [4.78, 5) is 12.4. The molecule has 1 aromatic heterocycles. The summed E-state index contributed by atoms with van der Waals surface area (Å²) in [6.45, 7) is 3.96. The van der Waals surface area contributed by atoms with E-state index in [0.29, 0.717) is 29.4 Å². The minimum absolute atomic E-state index is 0.168. The number of amides is 1. The van der Waals surface area contributed by atoms with Crippen molar-refractivity contribution in [2.24, 2.45) is 0 Å². The molecule has 112 valence electrons. The van der Waals surface area contributed by atoms with Crippen LogP contribution in [0.15, 0.2) is 0 Å². The van der Waals surface area contributed by atoms with Gasteiger partial charge in [0.05, 0.1) is 13.2 Å². The third-order valence-corrected chi connectivity index (χ3v) is 4.30. The van der Waals surface area contributed by atoms with Gasteiger partial charge in [-0.15, -0.1) is 11.3 Å². The number of rotatable bonds is 6. The van der Waals surface area contributed by atoms with Crippen molar-refractivity contribution < 1.29 is 14.3 Å². The summed E-state index contributed by atoms with van der Waals surface area (Å²) in [6.07, 6.45) is 2.37. The van der Waals surface area contributed by atoms with Gasteiger partial charge in [-0.2, -0.15) is 0 Å². The second kappa shape index (κ2) is 6.81. The highest BCUT2D eigenvalue weighted by Crippen LogP contribution is 2.42. The molecule has 6 nitrogen and oxygen atoms in total. The van der Waals surface area contributed by atoms with Crippen LogP contribution in [0.3, 0.4) is 0 Å². The molecule has 4 N–H and O–H groups in total. The highest BCUT2D eigenvalue weighted by atomic mass is 32.1. The van der Waals surface area contributed by atoms with Crippen molar-refractivity contribution in [3.05, 3.63) is 4.88 Å². The average Bonchev–Trinajstić information content (AvgIpc) is 3.04. The van der Waals surface area contributed by atoms with E-state index < -0.39 is 0 Å². The lowest BCUT2D eigenvalue weighted by atomic mass is 10.2. The number of carbonyl (C=O) groups is 1. The molecule has 1 amide bonds. The van der Waals surface area contributed by atoms with Crippen molar-refractivity contribution in [2.45, 2.75) is 25.9 Å². The van der Waals surface area contributed by atoms with E-state index in [9.17, 15) is 4.79 Å². The summed E-state index contributed by atoms with van der Waals surface area (Å²) in [5.74, 6) is 0.368. The molecule has 2 rings (SSSR count). The molecule has 1 atom stereocenters. The standard InChI is InChI=1S/C13H21N3O3S/c1-3-15-12(17)11-9(14)10(18-2)13(20-11)16-7-8-5-4-6-19-8/h8,16H,3-7,14H2,1-2H3,(H,15,17). The number of nitrogens with one attached hydrogen (secondary N) is 2. The number of thiophene rings is 1. The van der Waals surface area contributed by atoms with Gasteiger partial charge in [-0.1, -0.05) is 0 Å². The Balaban J connectivity index is 2.10. The summed E-state index contributed by atoms with van der Waals surface area (Å²) in [7, 11) is 1.55. The van der Waals surface area contributed by atoms with E-state index in [-0.39, 0.29) is 12.0 Å². The zero-order chi connectivity index (χ0) is 14.5. The molecular formula is C13H21N3O3S. The Hall–Kier alpha value is -1.47. The van der Waals surface area contributed by atoms with E-state index in [1.54, 1.807) is 7.11 Å². The van der Waals surface area contributed by atoms with Crippen molar-refractivity contribution in [2.75, 3.05) is 37.9 Å². The molecule has 0 aliphatic carbocycles. The van der Waals surface area contributed by atoms with Crippen LogP contribution in [0.2, 0.25) is 0 Å². The third kappa shape index (κ3) is 3.16. The van der Waals surface area contributed by atoms with Crippen molar-refractivity contribution >= 4 is 27.9 Å². The summed E-state index contributed by atoms with van der Waals surface area (Å²) in [6, 6.07) is 0. The molecular weight excluding hydrogens is 278 g/mol. The lowest BCUT2D eigenvalue weighted by Gasteiger charge is -2.11. The molecule has 1 fully saturated rings. The zero-order valence-corrected chi connectivity index (χ0v) is 12.6. The van der Waals surface area contributed by atoms with Crippen LogP contribution in [0.5, 0.6) is 5.75 Å². The quantitative estimate of drug-likeness (QED) is 0.744. The SMILES string of the molecule is CCNC(=O)c1sc(NCC2CCCO2)c(OC)c1N. The molecule has 0 aromatic carbocycles. The Kier molecular flexibility index (Phi) is 5.08. The van der Waals surface area contributed by atoms with Gasteiger partial charge in [-0.05, 0) is 19.8 Å². The van der Waals surface area contributed by atoms with Crippen LogP contribution in [-0.2, 0) is 4.74 Å². The van der Waals surface area contributed by atoms with Crippen molar-refractivity contribution in [1.82, 2.24) is 5.32 Å². The maximum Gasteiger partial charge on any atom is 0.263 e. The summed E-state index contributed by atoms with van der Waals surface area (Å²) >= 11 is 1.31. The smallest absolute Gasteiger partial charge is 0.263 e. The highest BCUT2D eigenvalue weighted by Gasteiger charge is 2.23. The first-order chi connectivity index (χ1) is 9.67. The lowest BCUT2D eigenvalue weighted by Crippen LogP contribution is -2.22. The first kappa shape index (κ1) is 14.9. The number of hydrogen-bond acceptors (Lipinski definition) is 6. The predicted octanol–water partition coefficient (Wildman–Crippen LogP) is 1.68. The Labute approximate surface area is 122 Å². The van der Waals surface area contributed by atoms with E-state index in [1.807, 2.05) is 6.92 Å². The molecule has 0 spiro atoms. The number of nitrogens with two attached hydrogens (primary N) is 1. The summed E-state index contributed by atoms with van der Waals surface area (Å²) in [5, 5.41) is 6.80. The Morgan fingerprint density at radius 3 is 3.00 bits per heavy atom. The number of ether oxygens (including phenoxy) is 2. The maximum atomic E-state index is 11.9. The molecule has 1 saturated heterocycles. The first-order valence-electron chi connectivity index (χ1n) is 6.77. The second-order valence-corrected chi connectivity index (χ2v) is 5.60. The average molecular weight is 299 g/mol. The fourth-order valence-corrected chi connectivity index (χ4v) is 3.18. The fraction of sp³-hybridized carbons (Fsp3) is 0.615. The molecule has 20 heavy (non-hydrogen) atoms. The van der Waals surface area contributed by atoms with Crippen LogP contribution in [-0.4, -0.2) is 38.8 Å².